The second kappa shape index (κ2) is 12.2. The quantitative estimate of drug-likeness (QED) is 0.226. The maximum Gasteiger partial charge on any atom is 0.236 e. The Morgan fingerprint density at radius 2 is 1.84 bits per heavy atom. The van der Waals surface area contributed by atoms with Crippen LogP contribution in [0.15, 0.2) is 59.8 Å². The molecule has 1 unspecified atom stereocenters. The van der Waals surface area contributed by atoms with Crippen molar-refractivity contribution in [2.24, 2.45) is 5.92 Å². The molecule has 2 heterocycles. The average Bonchev–Trinajstić information content (AvgIpc) is 3.45. The van der Waals surface area contributed by atoms with Crippen molar-refractivity contribution in [3.63, 3.8) is 0 Å². The van der Waals surface area contributed by atoms with Crippen molar-refractivity contribution >= 4 is 34.1 Å². The Morgan fingerprint density at radius 3 is 2.57 bits per heavy atom. The molecule has 0 aliphatic carbocycles. The lowest BCUT2D eigenvalue weighted by molar-refractivity contribution is -0.113. The summed E-state index contributed by atoms with van der Waals surface area (Å²) in [6, 6.07) is 17.4. The van der Waals surface area contributed by atoms with Crippen LogP contribution in [0, 0.1) is 12.8 Å². The van der Waals surface area contributed by atoms with E-state index in [2.05, 4.69) is 34.3 Å². The van der Waals surface area contributed by atoms with Gasteiger partial charge < -0.3 is 19.4 Å². The Hall–Kier alpha value is -3.37. The zero-order valence-corrected chi connectivity index (χ0v) is 23.2. The molecule has 1 amide bonds. The van der Waals surface area contributed by atoms with E-state index in [-0.39, 0.29) is 17.8 Å². The van der Waals surface area contributed by atoms with Crippen molar-refractivity contribution in [1.82, 2.24) is 19.7 Å². The summed E-state index contributed by atoms with van der Waals surface area (Å²) in [6.45, 7) is 8.93. The lowest BCUT2D eigenvalue weighted by Gasteiger charge is -2.18. The van der Waals surface area contributed by atoms with Crippen LogP contribution in [0.4, 0.5) is 5.13 Å². The van der Waals surface area contributed by atoms with Crippen LogP contribution < -0.4 is 14.8 Å². The van der Waals surface area contributed by atoms with Gasteiger partial charge in [0.05, 0.1) is 18.6 Å². The number of amides is 1. The number of methoxy groups -OCH3 is 1. The van der Waals surface area contributed by atoms with E-state index in [1.165, 1.54) is 23.1 Å². The van der Waals surface area contributed by atoms with Gasteiger partial charge in [0.1, 0.15) is 11.5 Å². The van der Waals surface area contributed by atoms with E-state index in [1.54, 1.807) is 7.11 Å². The van der Waals surface area contributed by atoms with E-state index < -0.39 is 0 Å². The molecule has 2 aromatic carbocycles. The van der Waals surface area contributed by atoms with Crippen molar-refractivity contribution in [3.8, 4) is 22.8 Å². The fraction of sp³-hybridized carbons (Fsp3) is 0.333. The van der Waals surface area contributed by atoms with Gasteiger partial charge in [0.25, 0.3) is 0 Å². The molecule has 4 rings (SSSR count). The molecule has 37 heavy (non-hydrogen) atoms. The second-order valence-electron chi connectivity index (χ2n) is 8.91. The molecule has 0 saturated heterocycles. The van der Waals surface area contributed by atoms with Gasteiger partial charge in [0.15, 0.2) is 22.2 Å². The summed E-state index contributed by atoms with van der Waals surface area (Å²) < 4.78 is 13.5. The Morgan fingerprint density at radius 1 is 1.08 bits per heavy atom. The molecule has 1 atom stereocenters. The predicted octanol–water partition coefficient (Wildman–Crippen LogP) is 6.25. The number of thiazole rings is 1. The SMILES string of the molecule is COc1cccc(OC(C)c2nnc(SCC(=O)Nc3nc(-c4ccccc4)c(C)s3)n2CC(C)C)c1. The molecule has 1 N–H and O–H groups in total. The lowest BCUT2D eigenvalue weighted by Crippen LogP contribution is -2.17. The Balaban J connectivity index is 1.43. The summed E-state index contributed by atoms with van der Waals surface area (Å²) in [7, 11) is 1.62. The number of thioether (sulfide) groups is 1. The zero-order chi connectivity index (χ0) is 26.4. The van der Waals surface area contributed by atoms with Crippen LogP contribution in [0.25, 0.3) is 11.3 Å². The highest BCUT2D eigenvalue weighted by Crippen LogP contribution is 2.31. The third-order valence-electron chi connectivity index (χ3n) is 5.43. The van der Waals surface area contributed by atoms with Gasteiger partial charge >= 0.3 is 0 Å². The number of rotatable bonds is 11. The lowest BCUT2D eigenvalue weighted by atomic mass is 10.1. The minimum absolute atomic E-state index is 0.139. The van der Waals surface area contributed by atoms with Gasteiger partial charge in [-0.3, -0.25) is 4.79 Å². The summed E-state index contributed by atoms with van der Waals surface area (Å²) in [4.78, 5) is 18.4. The van der Waals surface area contributed by atoms with Crippen molar-refractivity contribution < 1.29 is 14.3 Å². The molecular formula is C27H31N5O3S2. The smallest absolute Gasteiger partial charge is 0.236 e. The van der Waals surface area contributed by atoms with Crippen LogP contribution in [0.1, 0.15) is 37.6 Å². The fourth-order valence-electron chi connectivity index (χ4n) is 3.77. The molecule has 194 valence electrons. The number of carbonyl (C=O) groups excluding carboxylic acids is 1. The molecular weight excluding hydrogens is 506 g/mol. The number of nitrogens with one attached hydrogen (secondary N) is 1. The predicted molar refractivity (Wildman–Crippen MR) is 149 cm³/mol. The van der Waals surface area contributed by atoms with Gasteiger partial charge in [0, 0.05) is 23.1 Å². The summed E-state index contributed by atoms with van der Waals surface area (Å²) >= 11 is 2.82. The molecule has 8 nitrogen and oxygen atoms in total. The van der Waals surface area contributed by atoms with Gasteiger partial charge in [-0.05, 0) is 31.9 Å². The maximum absolute atomic E-state index is 12.8. The van der Waals surface area contributed by atoms with E-state index in [0.29, 0.717) is 34.3 Å². The first kappa shape index (κ1) is 26.7. The third kappa shape index (κ3) is 6.90. The van der Waals surface area contributed by atoms with Crippen LogP contribution in [-0.2, 0) is 11.3 Å². The normalized spacial score (nSPS) is 11.9. The first-order valence-corrected chi connectivity index (χ1v) is 13.8. The van der Waals surface area contributed by atoms with E-state index in [1.807, 2.05) is 73.0 Å². The number of anilines is 1. The van der Waals surface area contributed by atoms with E-state index >= 15 is 0 Å². The number of carbonyl (C=O) groups is 1. The zero-order valence-electron chi connectivity index (χ0n) is 21.6. The Bertz CT molecular complexity index is 1340. The van der Waals surface area contributed by atoms with Crippen LogP contribution in [0.5, 0.6) is 11.5 Å². The third-order valence-corrected chi connectivity index (χ3v) is 7.29. The summed E-state index contributed by atoms with van der Waals surface area (Å²) in [5.74, 6) is 2.54. The maximum atomic E-state index is 12.8. The van der Waals surface area contributed by atoms with Gasteiger partial charge in [-0.2, -0.15) is 0 Å². The van der Waals surface area contributed by atoms with Gasteiger partial charge in [-0.25, -0.2) is 4.98 Å². The molecule has 0 spiro atoms. The van der Waals surface area contributed by atoms with E-state index in [0.717, 1.165) is 21.9 Å². The first-order valence-electron chi connectivity index (χ1n) is 12.0. The van der Waals surface area contributed by atoms with E-state index in [4.69, 9.17) is 9.47 Å². The number of aryl methyl sites for hydroxylation is 1. The molecule has 10 heteroatoms. The highest BCUT2D eigenvalue weighted by Gasteiger charge is 2.21. The number of ether oxygens (including phenoxy) is 2. The highest BCUT2D eigenvalue weighted by atomic mass is 32.2. The summed E-state index contributed by atoms with van der Waals surface area (Å²) in [5, 5.41) is 13.0. The number of aromatic nitrogens is 4. The Kier molecular flexibility index (Phi) is 8.83. The van der Waals surface area contributed by atoms with E-state index in [9.17, 15) is 4.79 Å². The van der Waals surface area contributed by atoms with Gasteiger partial charge in [-0.1, -0.05) is 62.0 Å². The van der Waals surface area contributed by atoms with Gasteiger partial charge in [0.2, 0.25) is 5.91 Å². The Labute approximate surface area is 225 Å². The van der Waals surface area contributed by atoms with Crippen molar-refractivity contribution in [1.29, 1.82) is 0 Å². The second-order valence-corrected chi connectivity index (χ2v) is 11.1. The van der Waals surface area contributed by atoms with Crippen LogP contribution in [0.2, 0.25) is 0 Å². The standard InChI is InChI=1S/C27H31N5O3S2/c1-17(2)15-32-25(18(3)35-22-13-9-12-21(14-22)34-5)30-31-27(32)36-16-23(33)28-26-29-24(19(4)37-26)20-10-7-6-8-11-20/h6-14,17-18H,15-16H2,1-5H3,(H,28,29,33). The fourth-order valence-corrected chi connectivity index (χ4v) is 5.38. The average molecular weight is 538 g/mol. The topological polar surface area (TPSA) is 91.2 Å². The molecule has 0 saturated carbocycles. The molecule has 0 bridgehead atoms. The first-order chi connectivity index (χ1) is 17.8. The molecule has 0 radical (unpaired) electrons. The van der Waals surface area contributed by atoms with Crippen LogP contribution in [0.3, 0.4) is 0 Å². The molecule has 0 aliphatic heterocycles. The van der Waals surface area contributed by atoms with Crippen molar-refractivity contribution in [3.05, 3.63) is 65.3 Å². The summed E-state index contributed by atoms with van der Waals surface area (Å²) in [6.07, 6.45) is -0.337. The van der Waals surface area contributed by atoms with Crippen LogP contribution >= 0.6 is 23.1 Å². The van der Waals surface area contributed by atoms with Crippen LogP contribution in [-0.4, -0.2) is 38.5 Å². The van der Waals surface area contributed by atoms with Gasteiger partial charge in [-0.15, -0.1) is 21.5 Å². The minimum Gasteiger partial charge on any atom is -0.497 e. The van der Waals surface area contributed by atoms with Crippen molar-refractivity contribution in [2.75, 3.05) is 18.2 Å². The number of nitrogens with zero attached hydrogens (tertiary/aromatic N) is 4. The molecule has 4 aromatic rings. The molecule has 2 aromatic heterocycles. The summed E-state index contributed by atoms with van der Waals surface area (Å²) in [5.41, 5.74) is 1.92. The number of benzene rings is 2. The van der Waals surface area contributed by atoms with Crippen molar-refractivity contribution in [2.45, 2.75) is 45.5 Å². The molecule has 0 aliphatic rings. The number of hydrogen-bond donors (Lipinski definition) is 1. The minimum atomic E-state index is -0.337. The number of hydrogen-bond acceptors (Lipinski definition) is 8. The largest absolute Gasteiger partial charge is 0.497 e. The molecule has 0 fully saturated rings. The monoisotopic (exact) mass is 537 g/mol. The highest BCUT2D eigenvalue weighted by molar-refractivity contribution is 7.99.